The van der Waals surface area contributed by atoms with Gasteiger partial charge in [0, 0.05) is 15.7 Å². The van der Waals surface area contributed by atoms with Gasteiger partial charge in [-0.1, -0.05) is 11.6 Å². The maximum absolute atomic E-state index is 10.7. The Balaban J connectivity index is 1.33. The average Bonchev–Trinajstić information content (AvgIpc) is 3.47. The fourth-order valence-electron chi connectivity index (χ4n) is 4.23. The number of aromatic nitrogens is 4. The fraction of sp³-hybridized carbons (Fsp3) is 0.476. The van der Waals surface area contributed by atoms with Crippen molar-refractivity contribution in [3.8, 4) is 0 Å². The van der Waals surface area contributed by atoms with Crippen LogP contribution < -0.4 is 5.32 Å². The zero-order valence-corrected chi connectivity index (χ0v) is 18.7. The van der Waals surface area contributed by atoms with Crippen molar-refractivity contribution in [3.05, 3.63) is 41.9 Å². The van der Waals surface area contributed by atoms with Gasteiger partial charge in [-0.3, -0.25) is 4.57 Å². The van der Waals surface area contributed by atoms with Crippen LogP contribution in [0.5, 0.6) is 0 Å². The van der Waals surface area contributed by atoms with Crippen LogP contribution in [0.25, 0.3) is 11.2 Å². The lowest BCUT2D eigenvalue weighted by Crippen LogP contribution is -2.32. The molecule has 0 amide bonds. The van der Waals surface area contributed by atoms with Gasteiger partial charge in [0.15, 0.2) is 23.2 Å². The predicted molar refractivity (Wildman–Crippen MR) is 121 cm³/mol. The zero-order valence-electron chi connectivity index (χ0n) is 17.1. The fourth-order valence-corrected chi connectivity index (χ4v) is 5.32. The van der Waals surface area contributed by atoms with E-state index in [1.54, 1.807) is 16.7 Å². The topological polar surface area (TPSA) is 126 Å². The molecule has 6 atom stereocenters. The van der Waals surface area contributed by atoms with E-state index in [0.717, 1.165) is 24.2 Å². The second-order valence-electron chi connectivity index (χ2n) is 8.11. The molecule has 170 valence electrons. The van der Waals surface area contributed by atoms with Crippen LogP contribution in [0.3, 0.4) is 0 Å². The average molecular weight is 478 g/mol. The van der Waals surface area contributed by atoms with E-state index < -0.39 is 30.6 Å². The van der Waals surface area contributed by atoms with Crippen LogP contribution in [0.2, 0.25) is 5.02 Å². The Hall–Kier alpha value is -1.95. The molecule has 5 rings (SSSR count). The van der Waals surface area contributed by atoms with E-state index in [1.165, 1.54) is 24.4 Å². The first-order valence-electron chi connectivity index (χ1n) is 10.5. The number of ether oxygens (including phenoxy) is 1. The number of anilines is 1. The van der Waals surface area contributed by atoms with Gasteiger partial charge in [-0.15, -0.1) is 11.8 Å². The van der Waals surface area contributed by atoms with Crippen LogP contribution in [0, 0.1) is 0 Å². The number of hydrogen-bond acceptors (Lipinski definition) is 9. The Morgan fingerprint density at radius 3 is 2.66 bits per heavy atom. The van der Waals surface area contributed by atoms with Crippen LogP contribution in [0.4, 0.5) is 5.82 Å². The summed E-state index contributed by atoms with van der Waals surface area (Å²) in [6, 6.07) is 7.33. The molecule has 0 radical (unpaired) electrons. The van der Waals surface area contributed by atoms with Crippen LogP contribution >= 0.6 is 23.4 Å². The monoisotopic (exact) mass is 477 g/mol. The molecular weight excluding hydrogens is 454 g/mol. The SMILES string of the molecule is OC1CCCC1Nc1ncnc2c1ncn2C1OC(CSc2ccc(Cl)cc2)C(O)C1O. The van der Waals surface area contributed by atoms with E-state index in [1.807, 2.05) is 12.1 Å². The summed E-state index contributed by atoms with van der Waals surface area (Å²) >= 11 is 7.44. The molecule has 2 aliphatic rings. The molecular formula is C21H24ClN5O4S. The largest absolute Gasteiger partial charge is 0.391 e. The second-order valence-corrected chi connectivity index (χ2v) is 9.64. The molecule has 3 heterocycles. The Morgan fingerprint density at radius 2 is 1.91 bits per heavy atom. The van der Waals surface area contributed by atoms with Gasteiger partial charge >= 0.3 is 0 Å². The summed E-state index contributed by atoms with van der Waals surface area (Å²) in [6.45, 7) is 0. The van der Waals surface area contributed by atoms with Gasteiger partial charge in [-0.25, -0.2) is 15.0 Å². The van der Waals surface area contributed by atoms with Crippen LogP contribution in [-0.2, 0) is 4.74 Å². The maximum atomic E-state index is 10.7. The maximum Gasteiger partial charge on any atom is 0.167 e. The van der Waals surface area contributed by atoms with E-state index in [0.29, 0.717) is 27.8 Å². The second kappa shape index (κ2) is 9.12. The molecule has 3 aromatic rings. The highest BCUT2D eigenvalue weighted by Crippen LogP contribution is 2.35. The van der Waals surface area contributed by atoms with Gasteiger partial charge in [-0.2, -0.15) is 0 Å². The predicted octanol–water partition coefficient (Wildman–Crippen LogP) is 2.22. The summed E-state index contributed by atoms with van der Waals surface area (Å²) < 4.78 is 7.65. The van der Waals surface area contributed by atoms with Gasteiger partial charge in [0.25, 0.3) is 0 Å². The molecule has 1 saturated heterocycles. The van der Waals surface area contributed by atoms with E-state index >= 15 is 0 Å². The minimum Gasteiger partial charge on any atom is -0.391 e. The molecule has 9 nitrogen and oxygen atoms in total. The van der Waals surface area contributed by atoms with Crippen molar-refractivity contribution < 1.29 is 20.1 Å². The number of aliphatic hydroxyl groups excluding tert-OH is 3. The minimum atomic E-state index is -1.13. The summed E-state index contributed by atoms with van der Waals surface area (Å²) in [7, 11) is 0. The number of nitrogens with one attached hydrogen (secondary N) is 1. The molecule has 0 spiro atoms. The lowest BCUT2D eigenvalue weighted by Gasteiger charge is -2.18. The molecule has 1 saturated carbocycles. The summed E-state index contributed by atoms with van der Waals surface area (Å²) in [5.74, 6) is 0.993. The minimum absolute atomic E-state index is 0.0809. The van der Waals surface area contributed by atoms with E-state index in [-0.39, 0.29) is 6.04 Å². The smallest absolute Gasteiger partial charge is 0.167 e. The quantitative estimate of drug-likeness (QED) is 0.395. The standard InChI is InChI=1S/C21H24ClN5O4S/c22-11-4-6-12(7-5-11)32-8-15-17(29)18(30)21(31-15)27-10-25-16-19(23-9-24-20(16)27)26-13-2-1-3-14(13)28/h4-7,9-10,13-15,17-18,21,28-30H,1-3,8H2,(H,23,24,26). The highest BCUT2D eigenvalue weighted by atomic mass is 35.5. The van der Waals surface area contributed by atoms with Gasteiger partial charge in [-0.05, 0) is 43.5 Å². The number of fused-ring (bicyclic) bond motifs is 1. The number of halogens is 1. The Morgan fingerprint density at radius 1 is 1.09 bits per heavy atom. The van der Waals surface area contributed by atoms with Gasteiger partial charge < -0.3 is 25.4 Å². The normalized spacial score (nSPS) is 30.2. The number of aliphatic hydroxyl groups is 3. The van der Waals surface area contributed by atoms with Crippen molar-refractivity contribution in [2.75, 3.05) is 11.1 Å². The highest BCUT2D eigenvalue weighted by Gasteiger charge is 2.44. The molecule has 1 aromatic carbocycles. The molecule has 32 heavy (non-hydrogen) atoms. The third-order valence-corrected chi connectivity index (χ3v) is 7.35. The van der Waals surface area contributed by atoms with E-state index in [2.05, 4.69) is 20.3 Å². The molecule has 0 bridgehead atoms. The highest BCUT2D eigenvalue weighted by molar-refractivity contribution is 7.99. The van der Waals surface area contributed by atoms with Crippen molar-refractivity contribution in [1.29, 1.82) is 0 Å². The van der Waals surface area contributed by atoms with Gasteiger partial charge in [0.2, 0.25) is 0 Å². The van der Waals surface area contributed by atoms with Gasteiger partial charge in [0.1, 0.15) is 18.5 Å². The summed E-state index contributed by atoms with van der Waals surface area (Å²) in [6.07, 6.45) is 1.52. The molecule has 6 unspecified atom stereocenters. The van der Waals surface area contributed by atoms with E-state index in [9.17, 15) is 15.3 Å². The Bertz CT molecular complexity index is 1080. The lowest BCUT2D eigenvalue weighted by atomic mass is 10.1. The zero-order chi connectivity index (χ0) is 22.2. The van der Waals surface area contributed by atoms with Crippen molar-refractivity contribution in [1.82, 2.24) is 19.5 Å². The number of imidazole rings is 1. The number of nitrogens with zero attached hydrogens (tertiary/aromatic N) is 4. The Kier molecular flexibility index (Phi) is 6.24. The van der Waals surface area contributed by atoms with Crippen molar-refractivity contribution in [2.45, 2.75) is 60.8 Å². The summed E-state index contributed by atoms with van der Waals surface area (Å²) in [5.41, 5.74) is 1.01. The molecule has 2 aromatic heterocycles. The third-order valence-electron chi connectivity index (χ3n) is 6.00. The first-order chi connectivity index (χ1) is 15.5. The first-order valence-corrected chi connectivity index (χ1v) is 11.9. The third kappa shape index (κ3) is 4.18. The number of rotatable bonds is 6. The molecule has 2 fully saturated rings. The van der Waals surface area contributed by atoms with Crippen molar-refractivity contribution >= 4 is 40.3 Å². The van der Waals surface area contributed by atoms with Crippen molar-refractivity contribution in [3.63, 3.8) is 0 Å². The summed E-state index contributed by atoms with van der Waals surface area (Å²) in [4.78, 5) is 14.0. The molecule has 4 N–H and O–H groups in total. The van der Waals surface area contributed by atoms with Crippen LogP contribution in [0.15, 0.2) is 41.8 Å². The molecule has 1 aliphatic carbocycles. The first kappa shape index (κ1) is 21.9. The number of hydrogen-bond donors (Lipinski definition) is 4. The van der Waals surface area contributed by atoms with Crippen LogP contribution in [-0.4, -0.2) is 71.0 Å². The molecule has 1 aliphatic heterocycles. The number of benzene rings is 1. The van der Waals surface area contributed by atoms with Crippen molar-refractivity contribution in [2.24, 2.45) is 0 Å². The van der Waals surface area contributed by atoms with E-state index in [4.69, 9.17) is 16.3 Å². The number of thioether (sulfide) groups is 1. The van der Waals surface area contributed by atoms with Crippen LogP contribution in [0.1, 0.15) is 25.5 Å². The summed E-state index contributed by atoms with van der Waals surface area (Å²) in [5, 5.41) is 35.3. The van der Waals surface area contributed by atoms with Gasteiger partial charge in [0.05, 0.1) is 24.6 Å². The Labute approximate surface area is 193 Å². The lowest BCUT2D eigenvalue weighted by molar-refractivity contribution is -0.0289. The molecule has 11 heteroatoms.